The van der Waals surface area contributed by atoms with E-state index in [2.05, 4.69) is 4.98 Å². The van der Waals surface area contributed by atoms with Crippen LogP contribution in [0.3, 0.4) is 0 Å². The van der Waals surface area contributed by atoms with Gasteiger partial charge in [-0.05, 0) is 54.6 Å². The lowest BCUT2D eigenvalue weighted by atomic mass is 10.1. The summed E-state index contributed by atoms with van der Waals surface area (Å²) < 4.78 is 31.7. The van der Waals surface area contributed by atoms with Crippen molar-refractivity contribution in [1.29, 1.82) is 0 Å². The van der Waals surface area contributed by atoms with E-state index in [0.717, 1.165) is 38.8 Å². The third-order valence-corrected chi connectivity index (χ3v) is 5.45. The summed E-state index contributed by atoms with van der Waals surface area (Å²) in [4.78, 5) is 4.65. The first-order valence-corrected chi connectivity index (χ1v) is 9.96. The van der Waals surface area contributed by atoms with Crippen LogP contribution >= 0.6 is 0 Å². The van der Waals surface area contributed by atoms with Crippen molar-refractivity contribution >= 4 is 21.8 Å². The third kappa shape index (κ3) is 3.19. The second-order valence-electron chi connectivity index (χ2n) is 7.21. The quantitative estimate of drug-likeness (QED) is 0.374. The van der Waals surface area contributed by atoms with Crippen LogP contribution < -0.4 is 14.2 Å². The van der Waals surface area contributed by atoms with E-state index in [9.17, 15) is 4.39 Å². The van der Waals surface area contributed by atoms with E-state index >= 15 is 0 Å². The van der Waals surface area contributed by atoms with Gasteiger partial charge in [0.15, 0.2) is 11.5 Å². The zero-order chi connectivity index (χ0) is 22.2. The molecule has 0 saturated heterocycles. The van der Waals surface area contributed by atoms with Crippen molar-refractivity contribution in [2.24, 2.45) is 0 Å². The van der Waals surface area contributed by atoms with Crippen LogP contribution in [0.1, 0.15) is 0 Å². The van der Waals surface area contributed by atoms with Crippen molar-refractivity contribution < 1.29 is 18.6 Å². The lowest BCUT2D eigenvalue weighted by Gasteiger charge is -2.11. The van der Waals surface area contributed by atoms with Crippen LogP contribution in [-0.4, -0.2) is 36.1 Å². The number of ether oxygens (including phenoxy) is 3. The van der Waals surface area contributed by atoms with E-state index in [1.807, 2.05) is 41.1 Å². The Hall–Kier alpha value is -4.13. The average Bonchev–Trinajstić information content (AvgIpc) is 3.23. The zero-order valence-electron chi connectivity index (χ0n) is 17.8. The zero-order valence-corrected chi connectivity index (χ0v) is 17.8. The van der Waals surface area contributed by atoms with Crippen LogP contribution in [0.15, 0.2) is 66.9 Å². The van der Waals surface area contributed by atoms with Gasteiger partial charge in [-0.25, -0.2) is 9.07 Å². The van der Waals surface area contributed by atoms with Crippen LogP contribution in [0.25, 0.3) is 38.8 Å². The van der Waals surface area contributed by atoms with Gasteiger partial charge in [0.2, 0.25) is 0 Å². The van der Waals surface area contributed by atoms with Gasteiger partial charge in [-0.2, -0.15) is 5.10 Å². The Kier molecular flexibility index (Phi) is 4.86. The molecule has 3 aromatic carbocycles. The second kappa shape index (κ2) is 7.85. The molecule has 0 aliphatic rings. The lowest BCUT2D eigenvalue weighted by Crippen LogP contribution is -1.98. The summed E-state index contributed by atoms with van der Waals surface area (Å²) in [5.74, 6) is 1.65. The van der Waals surface area contributed by atoms with Crippen LogP contribution in [0, 0.1) is 5.82 Å². The molecule has 0 fully saturated rings. The Morgan fingerprint density at radius 1 is 0.781 bits per heavy atom. The molecule has 0 unspecified atom stereocenters. The van der Waals surface area contributed by atoms with E-state index in [-0.39, 0.29) is 5.82 Å². The van der Waals surface area contributed by atoms with E-state index in [4.69, 9.17) is 19.3 Å². The lowest BCUT2D eigenvalue weighted by molar-refractivity contribution is 0.356. The van der Waals surface area contributed by atoms with E-state index in [0.29, 0.717) is 17.2 Å². The fraction of sp³-hybridized carbons (Fsp3) is 0.120. The fourth-order valence-electron chi connectivity index (χ4n) is 3.84. The highest BCUT2D eigenvalue weighted by molar-refractivity contribution is 6.09. The maximum Gasteiger partial charge on any atom is 0.162 e. The molecular weight excluding hydrogens is 409 g/mol. The summed E-state index contributed by atoms with van der Waals surface area (Å²) in [6, 6.07) is 17.7. The fourth-order valence-corrected chi connectivity index (χ4v) is 3.84. The van der Waals surface area contributed by atoms with Crippen molar-refractivity contribution in [2.45, 2.75) is 0 Å². The SMILES string of the molecule is COc1ccc(-n2nc(-c3ccc(F)cc3)c3cnc4cc(OC)c(OC)cc4c32)cc1. The molecule has 6 nitrogen and oxygen atoms in total. The molecule has 0 radical (unpaired) electrons. The van der Waals surface area contributed by atoms with Crippen molar-refractivity contribution in [3.8, 4) is 34.2 Å². The van der Waals surface area contributed by atoms with Crippen molar-refractivity contribution in [3.05, 3.63) is 72.7 Å². The standard InChI is InChI=1S/C25H20FN3O3/c1-30-18-10-8-17(9-11-18)29-25-19-12-22(31-2)23(32-3)13-21(19)27-14-20(25)24(28-29)15-4-6-16(26)7-5-15/h4-14H,1-3H3. The van der Waals surface area contributed by atoms with Gasteiger partial charge in [-0.1, -0.05) is 0 Å². The molecule has 0 bridgehead atoms. The number of benzene rings is 3. The van der Waals surface area contributed by atoms with E-state index in [1.54, 1.807) is 39.7 Å². The van der Waals surface area contributed by atoms with Gasteiger partial charge in [0.1, 0.15) is 17.3 Å². The Bertz CT molecular complexity index is 1430. The summed E-state index contributed by atoms with van der Waals surface area (Å²) >= 11 is 0. The van der Waals surface area contributed by atoms with Gasteiger partial charge >= 0.3 is 0 Å². The molecule has 160 valence electrons. The Labute approximate surface area is 183 Å². The number of halogens is 1. The molecule has 5 aromatic rings. The maximum absolute atomic E-state index is 13.5. The first kappa shape index (κ1) is 19.8. The predicted molar refractivity (Wildman–Crippen MR) is 121 cm³/mol. The number of fused-ring (bicyclic) bond motifs is 3. The summed E-state index contributed by atoms with van der Waals surface area (Å²) in [5.41, 5.74) is 3.97. The highest BCUT2D eigenvalue weighted by atomic mass is 19.1. The Balaban J connectivity index is 1.86. The number of methoxy groups -OCH3 is 3. The first-order valence-electron chi connectivity index (χ1n) is 9.96. The summed E-state index contributed by atoms with van der Waals surface area (Å²) in [6.45, 7) is 0. The largest absolute Gasteiger partial charge is 0.497 e. The van der Waals surface area contributed by atoms with Gasteiger partial charge in [0, 0.05) is 28.6 Å². The summed E-state index contributed by atoms with van der Waals surface area (Å²) in [5, 5.41) is 6.60. The number of hydrogen-bond acceptors (Lipinski definition) is 5. The highest BCUT2D eigenvalue weighted by Crippen LogP contribution is 2.38. The topological polar surface area (TPSA) is 58.4 Å². The molecule has 0 spiro atoms. The minimum atomic E-state index is -0.298. The number of hydrogen-bond donors (Lipinski definition) is 0. The van der Waals surface area contributed by atoms with Crippen LogP contribution in [-0.2, 0) is 0 Å². The minimum absolute atomic E-state index is 0.298. The van der Waals surface area contributed by atoms with Crippen LogP contribution in [0.2, 0.25) is 0 Å². The minimum Gasteiger partial charge on any atom is -0.497 e. The predicted octanol–water partition coefficient (Wildman–Crippen LogP) is 5.41. The molecule has 2 aromatic heterocycles. The molecule has 32 heavy (non-hydrogen) atoms. The third-order valence-electron chi connectivity index (χ3n) is 5.45. The number of aromatic nitrogens is 3. The first-order chi connectivity index (χ1) is 15.6. The van der Waals surface area contributed by atoms with Gasteiger partial charge in [-0.15, -0.1) is 0 Å². The second-order valence-corrected chi connectivity index (χ2v) is 7.21. The number of nitrogens with zero attached hydrogens (tertiary/aromatic N) is 3. The number of pyridine rings is 1. The van der Waals surface area contributed by atoms with Gasteiger partial charge in [0.05, 0.1) is 38.1 Å². The normalized spacial score (nSPS) is 11.1. The van der Waals surface area contributed by atoms with Crippen molar-refractivity contribution in [3.63, 3.8) is 0 Å². The van der Waals surface area contributed by atoms with E-state index in [1.165, 1.54) is 12.1 Å². The van der Waals surface area contributed by atoms with E-state index < -0.39 is 0 Å². The molecule has 0 aliphatic heterocycles. The Morgan fingerprint density at radius 2 is 1.47 bits per heavy atom. The molecule has 0 saturated carbocycles. The monoisotopic (exact) mass is 429 g/mol. The smallest absolute Gasteiger partial charge is 0.162 e. The Morgan fingerprint density at radius 3 is 2.12 bits per heavy atom. The molecule has 0 atom stereocenters. The highest BCUT2D eigenvalue weighted by Gasteiger charge is 2.19. The molecular formula is C25H20FN3O3. The van der Waals surface area contributed by atoms with Gasteiger partial charge in [0.25, 0.3) is 0 Å². The van der Waals surface area contributed by atoms with Crippen molar-refractivity contribution in [1.82, 2.24) is 14.8 Å². The average molecular weight is 429 g/mol. The number of rotatable bonds is 5. The van der Waals surface area contributed by atoms with Crippen LogP contribution in [0.5, 0.6) is 17.2 Å². The molecule has 0 N–H and O–H groups in total. The summed E-state index contributed by atoms with van der Waals surface area (Å²) in [7, 11) is 4.82. The van der Waals surface area contributed by atoms with Gasteiger partial charge in [-0.3, -0.25) is 4.98 Å². The molecule has 0 amide bonds. The van der Waals surface area contributed by atoms with Crippen LogP contribution in [0.4, 0.5) is 4.39 Å². The molecule has 2 heterocycles. The maximum atomic E-state index is 13.5. The summed E-state index contributed by atoms with van der Waals surface area (Å²) in [6.07, 6.45) is 1.79. The molecule has 5 rings (SSSR count). The van der Waals surface area contributed by atoms with Gasteiger partial charge < -0.3 is 14.2 Å². The van der Waals surface area contributed by atoms with Crippen molar-refractivity contribution in [2.75, 3.05) is 21.3 Å². The molecule has 7 heteroatoms. The molecule has 0 aliphatic carbocycles.